The van der Waals surface area contributed by atoms with E-state index in [1.165, 1.54) is 21.5 Å². The first-order valence-corrected chi connectivity index (χ1v) is 19.6. The molecule has 0 amide bonds. The van der Waals surface area contributed by atoms with E-state index in [-0.39, 0.29) is 0 Å². The minimum Gasteiger partial charge on any atom is -0.457 e. The Morgan fingerprint density at radius 3 is 1.36 bits per heavy atom. The molecule has 6 nitrogen and oxygen atoms in total. The number of benzene rings is 6. The van der Waals surface area contributed by atoms with Crippen molar-refractivity contribution in [1.29, 1.82) is 0 Å². The van der Waals surface area contributed by atoms with E-state index in [9.17, 15) is 0 Å². The van der Waals surface area contributed by atoms with E-state index in [1.807, 2.05) is 30.6 Å². The molecular formula is C52H31N5O. The molecule has 270 valence electrons. The lowest BCUT2D eigenvalue weighted by atomic mass is 9.66. The molecule has 1 aliphatic carbocycles. The van der Waals surface area contributed by atoms with Crippen molar-refractivity contribution in [2.75, 3.05) is 0 Å². The molecule has 1 spiro atoms. The molecule has 6 heteroatoms. The predicted octanol–water partition coefficient (Wildman–Crippen LogP) is 12.2. The van der Waals surface area contributed by atoms with E-state index < -0.39 is 5.41 Å². The molecule has 2 aliphatic rings. The fourth-order valence-electron chi connectivity index (χ4n) is 9.98. The number of aromatic nitrogens is 5. The standard InChI is InChI=1S/C52H31N5O/c1-6-20-42-34(13-1)35-14-2-7-21-43(35)56(42)48-30-33(31-49(55-48)57-44-22-8-3-15-36(44)37-16-4-9-23-45(37)57)32-25-26-47-41(29-32)52(38-17-5-10-24-46(38)58-47)39-18-11-27-53-50(39)51-40(52)19-12-28-54-51/h1-31H. The minimum atomic E-state index is -0.689. The van der Waals surface area contributed by atoms with Crippen LogP contribution in [-0.4, -0.2) is 24.1 Å². The third-order valence-corrected chi connectivity index (χ3v) is 12.3. The third-order valence-electron chi connectivity index (χ3n) is 12.3. The van der Waals surface area contributed by atoms with Crippen LogP contribution < -0.4 is 4.74 Å². The van der Waals surface area contributed by atoms with Gasteiger partial charge in [0, 0.05) is 45.1 Å². The van der Waals surface area contributed by atoms with Crippen LogP contribution >= 0.6 is 0 Å². The van der Waals surface area contributed by atoms with Crippen LogP contribution in [0, 0.1) is 0 Å². The van der Waals surface area contributed by atoms with Crippen molar-refractivity contribution in [2.45, 2.75) is 5.41 Å². The second kappa shape index (κ2) is 11.6. The number of ether oxygens (including phenoxy) is 1. The number of hydrogen-bond acceptors (Lipinski definition) is 4. The minimum absolute atomic E-state index is 0.689. The Balaban J connectivity index is 1.13. The van der Waals surface area contributed by atoms with E-state index in [0.29, 0.717) is 0 Å². The van der Waals surface area contributed by atoms with Gasteiger partial charge >= 0.3 is 0 Å². The lowest BCUT2D eigenvalue weighted by Gasteiger charge is -2.39. The topological polar surface area (TPSA) is 57.8 Å². The molecular weight excluding hydrogens is 711 g/mol. The highest BCUT2D eigenvalue weighted by Crippen LogP contribution is 2.61. The number of rotatable bonds is 3. The molecule has 0 radical (unpaired) electrons. The number of fused-ring (bicyclic) bond motifs is 15. The van der Waals surface area contributed by atoms with Crippen LogP contribution in [0.5, 0.6) is 11.5 Å². The smallest absolute Gasteiger partial charge is 0.140 e. The van der Waals surface area contributed by atoms with Crippen molar-refractivity contribution in [3.05, 3.63) is 211 Å². The van der Waals surface area contributed by atoms with Crippen LogP contribution in [0.25, 0.3) is 77.8 Å². The van der Waals surface area contributed by atoms with Gasteiger partial charge in [0.05, 0.1) is 38.9 Å². The molecule has 0 N–H and O–H groups in total. The van der Waals surface area contributed by atoms with Crippen LogP contribution in [-0.2, 0) is 5.41 Å². The zero-order valence-electron chi connectivity index (χ0n) is 31.0. The first kappa shape index (κ1) is 31.4. The first-order chi connectivity index (χ1) is 28.8. The van der Waals surface area contributed by atoms with Gasteiger partial charge in [0.25, 0.3) is 0 Å². The largest absolute Gasteiger partial charge is 0.457 e. The normalized spacial score (nSPS) is 13.4. The van der Waals surface area contributed by atoms with Crippen LogP contribution in [0.4, 0.5) is 0 Å². The molecule has 0 saturated heterocycles. The fraction of sp³-hybridized carbons (Fsp3) is 0.0192. The van der Waals surface area contributed by atoms with Crippen molar-refractivity contribution in [3.8, 4) is 45.6 Å². The quantitative estimate of drug-likeness (QED) is 0.181. The van der Waals surface area contributed by atoms with E-state index in [1.54, 1.807) is 0 Å². The molecule has 0 bridgehead atoms. The molecule has 5 aromatic heterocycles. The number of hydrogen-bond donors (Lipinski definition) is 0. The highest BCUT2D eigenvalue weighted by atomic mass is 16.5. The average Bonchev–Trinajstić information content (AvgIpc) is 3.91. The summed E-state index contributed by atoms with van der Waals surface area (Å²) in [7, 11) is 0. The Morgan fingerprint density at radius 1 is 0.379 bits per heavy atom. The van der Waals surface area contributed by atoms with Gasteiger partial charge in [0.1, 0.15) is 23.1 Å². The maximum Gasteiger partial charge on any atom is 0.140 e. The SMILES string of the molecule is c1ccc2c(c1)Oc1ccc(-c3cc(-n4c5ccccc5c5ccccc54)nc(-n4c5ccccc5c5ccccc54)c3)cc1C21c2cccnc2-c2ncccc21. The lowest BCUT2D eigenvalue weighted by molar-refractivity contribution is 0.436. The Hall–Kier alpha value is -7.83. The summed E-state index contributed by atoms with van der Waals surface area (Å²) in [5.41, 5.74) is 12.0. The predicted molar refractivity (Wildman–Crippen MR) is 231 cm³/mol. The summed E-state index contributed by atoms with van der Waals surface area (Å²) in [5.74, 6) is 3.32. The van der Waals surface area contributed by atoms with Crippen LogP contribution in [0.1, 0.15) is 22.3 Å². The summed E-state index contributed by atoms with van der Waals surface area (Å²) in [6.45, 7) is 0. The molecule has 0 saturated carbocycles. The van der Waals surface area contributed by atoms with Gasteiger partial charge in [-0.2, -0.15) is 0 Å². The Kier molecular flexibility index (Phi) is 6.28. The van der Waals surface area contributed by atoms with E-state index in [4.69, 9.17) is 19.7 Å². The Morgan fingerprint density at radius 2 is 0.828 bits per heavy atom. The summed E-state index contributed by atoms with van der Waals surface area (Å²) in [4.78, 5) is 15.5. The van der Waals surface area contributed by atoms with Crippen LogP contribution in [0.2, 0.25) is 0 Å². The maximum absolute atomic E-state index is 6.78. The number of para-hydroxylation sites is 5. The van der Waals surface area contributed by atoms with Crippen LogP contribution in [0.3, 0.4) is 0 Å². The summed E-state index contributed by atoms with van der Waals surface area (Å²) < 4.78 is 11.4. The fourth-order valence-corrected chi connectivity index (χ4v) is 9.98. The van der Waals surface area contributed by atoms with Gasteiger partial charge in [-0.3, -0.25) is 19.1 Å². The van der Waals surface area contributed by atoms with Crippen molar-refractivity contribution >= 4 is 43.6 Å². The molecule has 13 rings (SSSR count). The van der Waals surface area contributed by atoms with Crippen LogP contribution in [0.15, 0.2) is 188 Å². The highest BCUT2D eigenvalue weighted by Gasteiger charge is 2.52. The van der Waals surface area contributed by atoms with Crippen molar-refractivity contribution in [1.82, 2.24) is 24.1 Å². The Labute approximate surface area is 332 Å². The molecule has 11 aromatic rings. The zero-order chi connectivity index (χ0) is 38.0. The molecule has 6 aromatic carbocycles. The van der Waals surface area contributed by atoms with Crippen molar-refractivity contribution < 1.29 is 4.74 Å². The van der Waals surface area contributed by atoms with E-state index >= 15 is 0 Å². The summed E-state index contributed by atoms with van der Waals surface area (Å²) in [6.07, 6.45) is 3.73. The number of nitrogens with zero attached hydrogens (tertiary/aromatic N) is 5. The van der Waals surface area contributed by atoms with E-state index in [0.717, 1.165) is 90.0 Å². The second-order valence-electron chi connectivity index (χ2n) is 15.2. The van der Waals surface area contributed by atoms with Gasteiger partial charge in [0.15, 0.2) is 0 Å². The van der Waals surface area contributed by atoms with Gasteiger partial charge in [-0.05, 0) is 89.0 Å². The molecule has 0 unspecified atom stereocenters. The second-order valence-corrected chi connectivity index (χ2v) is 15.2. The van der Waals surface area contributed by atoms with Gasteiger partial charge in [-0.15, -0.1) is 0 Å². The maximum atomic E-state index is 6.78. The molecule has 58 heavy (non-hydrogen) atoms. The van der Waals surface area contributed by atoms with Gasteiger partial charge in [0.2, 0.25) is 0 Å². The summed E-state index contributed by atoms with van der Waals surface area (Å²) >= 11 is 0. The Bertz CT molecular complexity index is 3240. The monoisotopic (exact) mass is 741 g/mol. The highest BCUT2D eigenvalue weighted by molar-refractivity contribution is 6.10. The van der Waals surface area contributed by atoms with Crippen molar-refractivity contribution in [2.24, 2.45) is 0 Å². The molecule has 1 aliphatic heterocycles. The van der Waals surface area contributed by atoms with Gasteiger partial charge < -0.3 is 4.74 Å². The zero-order valence-corrected chi connectivity index (χ0v) is 31.0. The van der Waals surface area contributed by atoms with E-state index in [2.05, 4.69) is 167 Å². The van der Waals surface area contributed by atoms with Gasteiger partial charge in [-0.1, -0.05) is 109 Å². The first-order valence-electron chi connectivity index (χ1n) is 19.6. The third kappa shape index (κ3) is 4.08. The molecule has 0 fully saturated rings. The van der Waals surface area contributed by atoms with Gasteiger partial charge in [-0.25, -0.2) is 4.98 Å². The molecule has 6 heterocycles. The number of pyridine rings is 3. The summed E-state index contributed by atoms with van der Waals surface area (Å²) in [6, 6.07) is 62.4. The average molecular weight is 742 g/mol. The summed E-state index contributed by atoms with van der Waals surface area (Å²) in [5, 5.41) is 4.76. The molecule has 0 atom stereocenters. The van der Waals surface area contributed by atoms with Crippen molar-refractivity contribution in [3.63, 3.8) is 0 Å². The lowest BCUT2D eigenvalue weighted by Crippen LogP contribution is -2.32.